The normalized spacial score (nSPS) is 12.6. The highest BCUT2D eigenvalue weighted by atomic mass is 19.1. The van der Waals surface area contributed by atoms with Gasteiger partial charge in [0.25, 0.3) is 0 Å². The van der Waals surface area contributed by atoms with Crippen molar-refractivity contribution in [2.75, 3.05) is 0 Å². The number of hydrogen-bond donors (Lipinski definition) is 1. The quantitative estimate of drug-likeness (QED) is 0.792. The Morgan fingerprint density at radius 3 is 2.56 bits per heavy atom. The monoisotopic (exact) mass is 244 g/mol. The van der Waals surface area contributed by atoms with Gasteiger partial charge < -0.3 is 5.11 Å². The van der Waals surface area contributed by atoms with Gasteiger partial charge in [-0.3, -0.25) is 0 Å². The summed E-state index contributed by atoms with van der Waals surface area (Å²) in [5.74, 6) is -0.254. The average Bonchev–Trinajstić information content (AvgIpc) is 2.39. The molecule has 2 aromatic carbocycles. The largest absolute Gasteiger partial charge is 0.388 e. The van der Waals surface area contributed by atoms with Crippen molar-refractivity contribution in [1.29, 1.82) is 0 Å². The number of rotatable bonds is 4. The number of aliphatic hydroxyl groups excluding tert-OH is 1. The summed E-state index contributed by atoms with van der Waals surface area (Å²) in [5, 5.41) is 11.6. The summed E-state index contributed by atoms with van der Waals surface area (Å²) in [6.45, 7) is 5.91. The van der Waals surface area contributed by atoms with Crippen LogP contribution < -0.4 is 0 Å². The molecule has 0 aromatic heterocycles. The van der Waals surface area contributed by atoms with E-state index < -0.39 is 6.10 Å². The molecule has 0 spiro atoms. The van der Waals surface area contributed by atoms with Gasteiger partial charge in [-0.15, -0.1) is 0 Å². The van der Waals surface area contributed by atoms with Crippen LogP contribution in [0, 0.1) is 5.82 Å². The average molecular weight is 244 g/mol. The van der Waals surface area contributed by atoms with E-state index in [4.69, 9.17) is 0 Å². The molecular formula is C16H17FO. The van der Waals surface area contributed by atoms with E-state index in [1.165, 1.54) is 6.07 Å². The molecule has 0 aliphatic heterocycles. The zero-order valence-corrected chi connectivity index (χ0v) is 10.5. The molecule has 2 aromatic rings. The zero-order chi connectivity index (χ0) is 13.1. The summed E-state index contributed by atoms with van der Waals surface area (Å²) >= 11 is 0. The lowest BCUT2D eigenvalue weighted by Crippen LogP contribution is -2.00. The molecule has 0 aliphatic rings. The first-order valence-electron chi connectivity index (χ1n) is 6.15. The third-order valence-electron chi connectivity index (χ3n) is 3.25. The third kappa shape index (κ3) is 2.44. The molecule has 18 heavy (non-hydrogen) atoms. The minimum Gasteiger partial charge on any atom is -0.388 e. The van der Waals surface area contributed by atoms with Crippen molar-refractivity contribution < 1.29 is 9.50 Å². The van der Waals surface area contributed by atoms with Crippen LogP contribution in [-0.2, 0) is 0 Å². The Hall–Kier alpha value is -1.67. The van der Waals surface area contributed by atoms with E-state index in [1.807, 2.05) is 19.1 Å². The van der Waals surface area contributed by atoms with Crippen molar-refractivity contribution in [3.8, 4) is 0 Å². The fourth-order valence-corrected chi connectivity index (χ4v) is 2.10. The Morgan fingerprint density at radius 1 is 1.22 bits per heavy atom. The molecular weight excluding hydrogens is 227 g/mol. The van der Waals surface area contributed by atoms with Gasteiger partial charge in [0.2, 0.25) is 0 Å². The molecule has 0 saturated heterocycles. The number of halogens is 1. The maximum atomic E-state index is 13.7. The minimum absolute atomic E-state index is 0.254. The molecule has 1 N–H and O–H groups in total. The van der Waals surface area contributed by atoms with Crippen molar-refractivity contribution in [2.24, 2.45) is 0 Å². The summed E-state index contributed by atoms with van der Waals surface area (Å²) in [7, 11) is 0. The molecule has 2 rings (SSSR count). The molecule has 0 aliphatic carbocycles. The number of benzene rings is 2. The van der Waals surface area contributed by atoms with Crippen LogP contribution in [-0.4, -0.2) is 5.11 Å². The van der Waals surface area contributed by atoms with Crippen LogP contribution in [0.25, 0.3) is 10.8 Å². The molecule has 1 atom stereocenters. The second-order valence-electron chi connectivity index (χ2n) is 4.51. The highest BCUT2D eigenvalue weighted by molar-refractivity contribution is 5.86. The van der Waals surface area contributed by atoms with Gasteiger partial charge >= 0.3 is 0 Å². The molecule has 94 valence electrons. The Balaban J connectivity index is 2.45. The van der Waals surface area contributed by atoms with Crippen LogP contribution >= 0.6 is 0 Å². The van der Waals surface area contributed by atoms with Crippen LogP contribution in [0.15, 0.2) is 48.6 Å². The van der Waals surface area contributed by atoms with E-state index in [2.05, 4.69) is 6.58 Å². The first-order valence-corrected chi connectivity index (χ1v) is 6.15. The number of hydrogen-bond acceptors (Lipinski definition) is 1. The van der Waals surface area contributed by atoms with E-state index in [0.29, 0.717) is 11.8 Å². The fraction of sp³-hybridized carbons (Fsp3) is 0.250. The molecule has 0 heterocycles. The van der Waals surface area contributed by atoms with Crippen LogP contribution in [0.2, 0.25) is 0 Å². The SMILES string of the molecule is C=C(CC)CC(O)c1ccc(F)c2ccccc12. The first-order chi connectivity index (χ1) is 8.63. The zero-order valence-electron chi connectivity index (χ0n) is 10.5. The second-order valence-corrected chi connectivity index (χ2v) is 4.51. The van der Waals surface area contributed by atoms with Gasteiger partial charge in [0, 0.05) is 5.39 Å². The van der Waals surface area contributed by atoms with Crippen molar-refractivity contribution in [3.63, 3.8) is 0 Å². The van der Waals surface area contributed by atoms with Gasteiger partial charge in [0.1, 0.15) is 5.82 Å². The molecule has 1 unspecified atom stereocenters. The predicted octanol–water partition coefficient (Wildman–Crippen LogP) is 4.37. The summed E-state index contributed by atoms with van der Waals surface area (Å²) in [4.78, 5) is 0. The van der Waals surface area contributed by atoms with E-state index in [1.54, 1.807) is 18.2 Å². The fourth-order valence-electron chi connectivity index (χ4n) is 2.10. The predicted molar refractivity (Wildman–Crippen MR) is 72.9 cm³/mol. The maximum absolute atomic E-state index is 13.7. The van der Waals surface area contributed by atoms with Gasteiger partial charge in [0.05, 0.1) is 6.10 Å². The summed E-state index contributed by atoms with van der Waals surface area (Å²) < 4.78 is 13.7. The molecule has 0 radical (unpaired) electrons. The molecule has 1 nitrogen and oxygen atoms in total. The van der Waals surface area contributed by atoms with Gasteiger partial charge in [-0.2, -0.15) is 0 Å². The smallest absolute Gasteiger partial charge is 0.131 e. The molecule has 0 bridgehead atoms. The second kappa shape index (κ2) is 5.32. The Labute approximate surface area is 107 Å². The molecule has 0 amide bonds. The van der Waals surface area contributed by atoms with Gasteiger partial charge in [0.15, 0.2) is 0 Å². The van der Waals surface area contributed by atoms with E-state index in [0.717, 1.165) is 22.9 Å². The van der Waals surface area contributed by atoms with Gasteiger partial charge in [-0.1, -0.05) is 49.4 Å². The lowest BCUT2D eigenvalue weighted by atomic mass is 9.95. The number of aliphatic hydroxyl groups is 1. The number of fused-ring (bicyclic) bond motifs is 1. The van der Waals surface area contributed by atoms with Crippen LogP contribution in [0.3, 0.4) is 0 Å². The van der Waals surface area contributed by atoms with Crippen LogP contribution in [0.4, 0.5) is 4.39 Å². The lowest BCUT2D eigenvalue weighted by molar-refractivity contribution is 0.179. The highest BCUT2D eigenvalue weighted by Gasteiger charge is 2.13. The first kappa shape index (κ1) is 12.8. The topological polar surface area (TPSA) is 20.2 Å². The molecule has 0 fully saturated rings. The Morgan fingerprint density at radius 2 is 1.89 bits per heavy atom. The van der Waals surface area contributed by atoms with Gasteiger partial charge in [-0.25, -0.2) is 4.39 Å². The van der Waals surface area contributed by atoms with Crippen LogP contribution in [0.1, 0.15) is 31.4 Å². The van der Waals surface area contributed by atoms with Crippen molar-refractivity contribution in [2.45, 2.75) is 25.9 Å². The molecule has 0 saturated carbocycles. The van der Waals surface area contributed by atoms with Crippen molar-refractivity contribution in [3.05, 3.63) is 59.9 Å². The molecule has 2 heteroatoms. The van der Waals surface area contributed by atoms with E-state index >= 15 is 0 Å². The highest BCUT2D eigenvalue weighted by Crippen LogP contribution is 2.29. The minimum atomic E-state index is -0.622. The Kier molecular flexibility index (Phi) is 3.78. The lowest BCUT2D eigenvalue weighted by Gasteiger charge is -2.15. The van der Waals surface area contributed by atoms with E-state index in [9.17, 15) is 9.50 Å². The van der Waals surface area contributed by atoms with Crippen LogP contribution in [0.5, 0.6) is 0 Å². The third-order valence-corrected chi connectivity index (χ3v) is 3.25. The van der Waals surface area contributed by atoms with Gasteiger partial charge in [-0.05, 0) is 29.9 Å². The summed E-state index contributed by atoms with van der Waals surface area (Å²) in [6, 6.07) is 10.3. The van der Waals surface area contributed by atoms with E-state index in [-0.39, 0.29) is 5.82 Å². The van der Waals surface area contributed by atoms with Crippen molar-refractivity contribution in [1.82, 2.24) is 0 Å². The summed E-state index contributed by atoms with van der Waals surface area (Å²) in [5.41, 5.74) is 1.76. The standard InChI is InChI=1S/C16H17FO/c1-3-11(2)10-16(18)14-8-9-15(17)13-7-5-4-6-12(13)14/h4-9,16,18H,2-3,10H2,1H3. The maximum Gasteiger partial charge on any atom is 0.131 e. The Bertz CT molecular complexity index is 574. The van der Waals surface area contributed by atoms with Crippen molar-refractivity contribution >= 4 is 10.8 Å². The summed E-state index contributed by atoms with van der Waals surface area (Å²) in [6.07, 6.45) is 0.741.